The molecule has 0 unspecified atom stereocenters. The number of nitrogens with zero attached hydrogens (tertiary/aromatic N) is 1. The van der Waals surface area contributed by atoms with Gasteiger partial charge in [-0.3, -0.25) is 0 Å². The second-order valence-corrected chi connectivity index (χ2v) is 3.18. The van der Waals surface area contributed by atoms with Gasteiger partial charge in [-0.1, -0.05) is 0 Å². The van der Waals surface area contributed by atoms with Crippen molar-refractivity contribution in [3.8, 4) is 28.9 Å². The highest BCUT2D eigenvalue weighted by molar-refractivity contribution is 5.73. The van der Waals surface area contributed by atoms with Gasteiger partial charge in [0.2, 0.25) is 17.4 Å². The molecule has 0 saturated heterocycles. The van der Waals surface area contributed by atoms with Gasteiger partial charge in [0.1, 0.15) is 0 Å². The second-order valence-electron chi connectivity index (χ2n) is 3.18. The SMILES string of the molecule is N#Cc1ccc(-c2oc(N)c(O)c2O)cc1. The topological polar surface area (TPSA) is 103 Å². The molecule has 0 amide bonds. The smallest absolute Gasteiger partial charge is 0.237 e. The molecule has 0 saturated carbocycles. The lowest BCUT2D eigenvalue weighted by Crippen LogP contribution is -1.78. The summed E-state index contributed by atoms with van der Waals surface area (Å²) in [5.41, 5.74) is 6.33. The number of benzene rings is 1. The largest absolute Gasteiger partial charge is 0.502 e. The third-order valence-electron chi connectivity index (χ3n) is 2.16. The Morgan fingerprint density at radius 1 is 1.12 bits per heavy atom. The molecule has 1 aromatic carbocycles. The lowest BCUT2D eigenvalue weighted by molar-refractivity contribution is 0.410. The molecule has 1 heterocycles. The summed E-state index contributed by atoms with van der Waals surface area (Å²) in [6, 6.07) is 8.30. The first-order valence-corrected chi connectivity index (χ1v) is 4.44. The minimum absolute atomic E-state index is 0.0829. The molecule has 0 atom stereocenters. The van der Waals surface area contributed by atoms with Crippen molar-refractivity contribution in [3.63, 3.8) is 0 Å². The maximum absolute atomic E-state index is 9.51. The van der Waals surface area contributed by atoms with E-state index in [1.54, 1.807) is 24.3 Å². The fourth-order valence-electron chi connectivity index (χ4n) is 1.32. The van der Waals surface area contributed by atoms with Crippen LogP contribution in [-0.4, -0.2) is 10.2 Å². The van der Waals surface area contributed by atoms with Gasteiger partial charge in [-0.25, -0.2) is 0 Å². The van der Waals surface area contributed by atoms with E-state index in [0.717, 1.165) is 0 Å². The number of hydrogen-bond donors (Lipinski definition) is 3. The van der Waals surface area contributed by atoms with Crippen molar-refractivity contribution in [1.29, 1.82) is 5.26 Å². The highest BCUT2D eigenvalue weighted by Crippen LogP contribution is 2.43. The van der Waals surface area contributed by atoms with E-state index in [-0.39, 0.29) is 11.6 Å². The van der Waals surface area contributed by atoms with Gasteiger partial charge in [0, 0.05) is 5.56 Å². The van der Waals surface area contributed by atoms with Crippen molar-refractivity contribution in [1.82, 2.24) is 0 Å². The fourth-order valence-corrected chi connectivity index (χ4v) is 1.32. The van der Waals surface area contributed by atoms with E-state index < -0.39 is 11.5 Å². The molecule has 2 rings (SSSR count). The van der Waals surface area contributed by atoms with Crippen LogP contribution in [0.5, 0.6) is 11.5 Å². The van der Waals surface area contributed by atoms with Crippen LogP contribution >= 0.6 is 0 Å². The monoisotopic (exact) mass is 216 g/mol. The molecule has 2 aromatic rings. The number of anilines is 1. The average Bonchev–Trinajstić information content (AvgIpc) is 2.57. The maximum Gasteiger partial charge on any atom is 0.237 e. The molecule has 5 heteroatoms. The van der Waals surface area contributed by atoms with Crippen molar-refractivity contribution in [3.05, 3.63) is 29.8 Å². The molecule has 5 nitrogen and oxygen atoms in total. The van der Waals surface area contributed by atoms with E-state index in [4.69, 9.17) is 15.4 Å². The standard InChI is InChI=1S/C11H8N2O3/c12-5-6-1-3-7(4-2-6)10-8(14)9(15)11(13)16-10/h1-4,14-15H,13H2. The fraction of sp³-hybridized carbons (Fsp3) is 0. The van der Waals surface area contributed by atoms with Crippen LogP contribution in [0.15, 0.2) is 28.7 Å². The van der Waals surface area contributed by atoms with Gasteiger partial charge in [0.15, 0.2) is 5.76 Å². The predicted octanol–water partition coefficient (Wildman–Crippen LogP) is 1.81. The maximum atomic E-state index is 9.51. The third kappa shape index (κ3) is 1.42. The molecule has 0 aliphatic rings. The van der Waals surface area contributed by atoms with E-state index in [1.165, 1.54) is 0 Å². The van der Waals surface area contributed by atoms with E-state index in [2.05, 4.69) is 0 Å². The van der Waals surface area contributed by atoms with Crippen molar-refractivity contribution in [2.75, 3.05) is 5.73 Å². The summed E-state index contributed by atoms with van der Waals surface area (Å²) in [4.78, 5) is 0. The van der Waals surface area contributed by atoms with Crippen LogP contribution < -0.4 is 5.73 Å². The van der Waals surface area contributed by atoms with Crippen LogP contribution in [0.2, 0.25) is 0 Å². The Morgan fingerprint density at radius 3 is 2.19 bits per heavy atom. The predicted molar refractivity (Wildman–Crippen MR) is 56.6 cm³/mol. The lowest BCUT2D eigenvalue weighted by Gasteiger charge is -1.97. The Kier molecular flexibility index (Phi) is 2.18. The molecule has 0 aliphatic heterocycles. The Bertz CT molecular complexity index is 564. The van der Waals surface area contributed by atoms with Crippen LogP contribution in [0.1, 0.15) is 5.56 Å². The molecule has 80 valence electrons. The lowest BCUT2D eigenvalue weighted by atomic mass is 10.1. The zero-order valence-corrected chi connectivity index (χ0v) is 8.14. The first-order chi connectivity index (χ1) is 7.63. The Labute approximate surface area is 91.0 Å². The van der Waals surface area contributed by atoms with Gasteiger partial charge in [-0.05, 0) is 24.3 Å². The molecule has 0 spiro atoms. The molecule has 0 fully saturated rings. The van der Waals surface area contributed by atoms with Gasteiger partial charge < -0.3 is 20.4 Å². The Morgan fingerprint density at radius 2 is 1.75 bits per heavy atom. The van der Waals surface area contributed by atoms with Crippen LogP contribution in [0.4, 0.5) is 5.88 Å². The minimum atomic E-state index is -0.473. The number of nitrogens with two attached hydrogens (primary N) is 1. The summed E-state index contributed by atoms with van der Waals surface area (Å²) in [5.74, 6) is -1.03. The summed E-state index contributed by atoms with van der Waals surface area (Å²) < 4.78 is 5.00. The first kappa shape index (κ1) is 9.93. The zero-order valence-electron chi connectivity index (χ0n) is 8.14. The first-order valence-electron chi connectivity index (χ1n) is 4.44. The second kappa shape index (κ2) is 3.51. The molecular formula is C11H8N2O3. The number of rotatable bonds is 1. The van der Waals surface area contributed by atoms with Crippen molar-refractivity contribution in [2.24, 2.45) is 0 Å². The molecule has 4 N–H and O–H groups in total. The number of nitrogen functional groups attached to an aromatic ring is 1. The Balaban J connectivity index is 2.51. The van der Waals surface area contributed by atoms with Gasteiger partial charge in [-0.15, -0.1) is 0 Å². The summed E-state index contributed by atoms with van der Waals surface area (Å²) in [6.45, 7) is 0. The van der Waals surface area contributed by atoms with Crippen LogP contribution in [0.3, 0.4) is 0 Å². The van der Waals surface area contributed by atoms with E-state index >= 15 is 0 Å². The van der Waals surface area contributed by atoms with Crippen LogP contribution in [0.25, 0.3) is 11.3 Å². The number of nitriles is 1. The van der Waals surface area contributed by atoms with Gasteiger partial charge in [0.05, 0.1) is 11.6 Å². The average molecular weight is 216 g/mol. The number of hydrogen-bond acceptors (Lipinski definition) is 5. The van der Waals surface area contributed by atoms with E-state index in [1.807, 2.05) is 6.07 Å². The summed E-state index contributed by atoms with van der Waals surface area (Å²) in [7, 11) is 0. The van der Waals surface area contributed by atoms with Crippen LogP contribution in [0, 0.1) is 11.3 Å². The van der Waals surface area contributed by atoms with E-state index in [9.17, 15) is 10.2 Å². The summed E-state index contributed by atoms with van der Waals surface area (Å²) in [5, 5.41) is 27.4. The van der Waals surface area contributed by atoms with Gasteiger partial charge in [0.25, 0.3) is 0 Å². The quantitative estimate of drug-likeness (QED) is 0.674. The Hall–Kier alpha value is -2.61. The summed E-state index contributed by atoms with van der Waals surface area (Å²) >= 11 is 0. The van der Waals surface area contributed by atoms with Crippen LogP contribution in [-0.2, 0) is 0 Å². The van der Waals surface area contributed by atoms with Crippen molar-refractivity contribution < 1.29 is 14.6 Å². The zero-order chi connectivity index (χ0) is 11.7. The van der Waals surface area contributed by atoms with Crippen molar-refractivity contribution in [2.45, 2.75) is 0 Å². The number of furan rings is 1. The van der Waals surface area contributed by atoms with Gasteiger partial charge in [-0.2, -0.15) is 5.26 Å². The highest BCUT2D eigenvalue weighted by Gasteiger charge is 2.18. The van der Waals surface area contributed by atoms with Crippen molar-refractivity contribution >= 4 is 5.88 Å². The molecular weight excluding hydrogens is 208 g/mol. The molecule has 16 heavy (non-hydrogen) atoms. The normalized spacial score (nSPS) is 9.94. The minimum Gasteiger partial charge on any atom is -0.502 e. The molecule has 1 aromatic heterocycles. The number of aromatic hydroxyl groups is 2. The molecule has 0 bridgehead atoms. The molecule has 0 aliphatic carbocycles. The van der Waals surface area contributed by atoms with Gasteiger partial charge >= 0.3 is 0 Å². The summed E-state index contributed by atoms with van der Waals surface area (Å²) in [6.07, 6.45) is 0. The third-order valence-corrected chi connectivity index (χ3v) is 2.16. The molecule has 0 radical (unpaired) electrons. The highest BCUT2D eigenvalue weighted by atomic mass is 16.4. The van der Waals surface area contributed by atoms with E-state index in [0.29, 0.717) is 11.1 Å².